The molecule has 1 aliphatic carbocycles. The summed E-state index contributed by atoms with van der Waals surface area (Å²) in [4.78, 5) is 2.31. The van der Waals surface area contributed by atoms with Crippen molar-refractivity contribution in [1.82, 2.24) is 4.90 Å². The van der Waals surface area contributed by atoms with Crippen LogP contribution in [0, 0.1) is 17.2 Å². The first kappa shape index (κ1) is 16.0. The third-order valence-electron chi connectivity index (χ3n) is 4.70. The van der Waals surface area contributed by atoms with Crippen molar-refractivity contribution in [2.45, 2.75) is 51.1 Å². The number of hydrogen-bond acceptors (Lipinski definition) is 3. The first-order valence-electron chi connectivity index (χ1n) is 7.98. The Bertz CT molecular complexity index is 466. The maximum Gasteiger partial charge on any atom is 0.0672 e. The van der Waals surface area contributed by atoms with E-state index in [1.807, 2.05) is 6.07 Å². The lowest BCUT2D eigenvalue weighted by Gasteiger charge is -2.42. The monoisotopic (exact) mass is 286 g/mol. The van der Waals surface area contributed by atoms with Crippen LogP contribution in [-0.2, 0) is 0 Å². The Morgan fingerprint density at radius 2 is 2.00 bits per heavy atom. The molecular formula is C18H26N2O. The van der Waals surface area contributed by atoms with Crippen LogP contribution in [0.5, 0.6) is 0 Å². The Morgan fingerprint density at radius 1 is 1.29 bits per heavy atom. The summed E-state index contributed by atoms with van der Waals surface area (Å²) in [6, 6.07) is 13.7. The predicted molar refractivity (Wildman–Crippen MR) is 84.9 cm³/mol. The lowest BCUT2D eigenvalue weighted by atomic mass is 9.75. The molecule has 3 atom stereocenters. The topological polar surface area (TPSA) is 47.3 Å². The number of aliphatic hydroxyl groups is 1. The third-order valence-corrected chi connectivity index (χ3v) is 4.70. The SMILES string of the molecule is CC(C)N(CCO)C1CC(c2ccccc2)CCC1C#N. The van der Waals surface area contributed by atoms with Crippen molar-refractivity contribution in [3.8, 4) is 6.07 Å². The minimum absolute atomic E-state index is 0.0823. The molecule has 3 unspecified atom stereocenters. The molecule has 3 heteroatoms. The molecule has 1 aromatic rings. The minimum atomic E-state index is 0.0823. The van der Waals surface area contributed by atoms with Gasteiger partial charge in [0.1, 0.15) is 0 Å². The van der Waals surface area contributed by atoms with Crippen molar-refractivity contribution in [1.29, 1.82) is 5.26 Å². The molecule has 0 heterocycles. The molecule has 0 aliphatic heterocycles. The van der Waals surface area contributed by atoms with Gasteiger partial charge in [-0.15, -0.1) is 0 Å². The number of rotatable bonds is 5. The van der Waals surface area contributed by atoms with Crippen molar-refractivity contribution in [3.63, 3.8) is 0 Å². The standard InChI is InChI=1S/C18H26N2O/c1-14(2)20(10-11-21)18-12-16(8-9-17(18)13-19)15-6-4-3-5-7-15/h3-7,14,16-18,21H,8-12H2,1-2H3. The van der Waals surface area contributed by atoms with Crippen LogP contribution in [0.15, 0.2) is 30.3 Å². The Hall–Kier alpha value is -1.37. The summed E-state index contributed by atoms with van der Waals surface area (Å²) in [5, 5.41) is 18.8. The molecule has 21 heavy (non-hydrogen) atoms. The van der Waals surface area contributed by atoms with E-state index in [0.717, 1.165) is 19.3 Å². The molecule has 1 N–H and O–H groups in total. The highest BCUT2D eigenvalue weighted by atomic mass is 16.3. The predicted octanol–water partition coefficient (Wildman–Crippen LogP) is 3.17. The summed E-state index contributed by atoms with van der Waals surface area (Å²) >= 11 is 0. The molecule has 2 rings (SSSR count). The Kier molecular flexibility index (Phi) is 5.78. The van der Waals surface area contributed by atoms with Gasteiger partial charge in [-0.25, -0.2) is 0 Å². The normalized spacial score (nSPS) is 26.0. The van der Waals surface area contributed by atoms with Crippen molar-refractivity contribution in [3.05, 3.63) is 35.9 Å². The zero-order chi connectivity index (χ0) is 15.2. The van der Waals surface area contributed by atoms with Crippen LogP contribution in [0.1, 0.15) is 44.6 Å². The number of benzene rings is 1. The van der Waals surface area contributed by atoms with E-state index in [0.29, 0.717) is 18.5 Å². The Balaban J connectivity index is 2.17. The molecule has 0 aromatic heterocycles. The maximum atomic E-state index is 9.48. The summed E-state index contributed by atoms with van der Waals surface area (Å²) in [6.45, 7) is 5.11. The van der Waals surface area contributed by atoms with Crippen LogP contribution in [0.25, 0.3) is 0 Å². The summed E-state index contributed by atoms with van der Waals surface area (Å²) in [6.07, 6.45) is 3.06. The maximum absolute atomic E-state index is 9.48. The van der Waals surface area contributed by atoms with E-state index >= 15 is 0 Å². The quantitative estimate of drug-likeness (QED) is 0.904. The summed E-state index contributed by atoms with van der Waals surface area (Å²) in [7, 11) is 0. The molecule has 3 nitrogen and oxygen atoms in total. The minimum Gasteiger partial charge on any atom is -0.395 e. The van der Waals surface area contributed by atoms with Gasteiger partial charge < -0.3 is 5.11 Å². The highest BCUT2D eigenvalue weighted by Gasteiger charge is 2.35. The number of aliphatic hydroxyl groups excluding tert-OH is 1. The van der Waals surface area contributed by atoms with Gasteiger partial charge in [-0.3, -0.25) is 4.90 Å². The van der Waals surface area contributed by atoms with Crippen molar-refractivity contribution >= 4 is 0 Å². The van der Waals surface area contributed by atoms with Crippen LogP contribution in [-0.4, -0.2) is 35.2 Å². The van der Waals surface area contributed by atoms with Crippen molar-refractivity contribution in [2.24, 2.45) is 5.92 Å². The fraction of sp³-hybridized carbons (Fsp3) is 0.611. The fourth-order valence-electron chi connectivity index (χ4n) is 3.61. The zero-order valence-corrected chi connectivity index (χ0v) is 13.1. The van der Waals surface area contributed by atoms with Crippen LogP contribution < -0.4 is 0 Å². The average molecular weight is 286 g/mol. The zero-order valence-electron chi connectivity index (χ0n) is 13.1. The van der Waals surface area contributed by atoms with Crippen LogP contribution in [0.3, 0.4) is 0 Å². The lowest BCUT2D eigenvalue weighted by molar-refractivity contribution is 0.0686. The largest absolute Gasteiger partial charge is 0.395 e. The Labute approximate surface area is 128 Å². The van der Waals surface area contributed by atoms with E-state index in [1.54, 1.807) is 0 Å². The van der Waals surface area contributed by atoms with Gasteiger partial charge in [0.2, 0.25) is 0 Å². The fourth-order valence-corrected chi connectivity index (χ4v) is 3.61. The van der Waals surface area contributed by atoms with Gasteiger partial charge in [-0.1, -0.05) is 30.3 Å². The highest BCUT2D eigenvalue weighted by Crippen LogP contribution is 2.38. The van der Waals surface area contributed by atoms with Crippen molar-refractivity contribution in [2.75, 3.05) is 13.2 Å². The second-order valence-electron chi connectivity index (χ2n) is 6.28. The molecule has 0 spiro atoms. The summed E-state index contributed by atoms with van der Waals surface area (Å²) in [5.41, 5.74) is 1.38. The number of nitrogens with zero attached hydrogens (tertiary/aromatic N) is 2. The van der Waals surface area contributed by atoms with Gasteiger partial charge in [0.15, 0.2) is 0 Å². The average Bonchev–Trinajstić information content (AvgIpc) is 2.52. The van der Waals surface area contributed by atoms with Gasteiger partial charge in [-0.2, -0.15) is 5.26 Å². The van der Waals surface area contributed by atoms with E-state index in [-0.39, 0.29) is 18.6 Å². The van der Waals surface area contributed by atoms with Crippen LogP contribution in [0.2, 0.25) is 0 Å². The van der Waals surface area contributed by atoms with Crippen LogP contribution in [0.4, 0.5) is 0 Å². The number of hydrogen-bond donors (Lipinski definition) is 1. The molecule has 0 bridgehead atoms. The summed E-state index contributed by atoms with van der Waals surface area (Å²) in [5.74, 6) is 0.611. The Morgan fingerprint density at radius 3 is 2.57 bits per heavy atom. The van der Waals surface area contributed by atoms with Crippen LogP contribution >= 0.6 is 0 Å². The molecule has 1 aromatic carbocycles. The molecule has 1 fully saturated rings. The van der Waals surface area contributed by atoms with Gasteiger partial charge >= 0.3 is 0 Å². The van der Waals surface area contributed by atoms with E-state index in [9.17, 15) is 10.4 Å². The number of nitriles is 1. The molecule has 0 radical (unpaired) electrons. The van der Waals surface area contributed by atoms with E-state index in [1.165, 1.54) is 5.56 Å². The van der Waals surface area contributed by atoms with Gasteiger partial charge in [-0.05, 0) is 44.6 Å². The van der Waals surface area contributed by atoms with E-state index < -0.39 is 0 Å². The molecule has 0 amide bonds. The highest BCUT2D eigenvalue weighted by molar-refractivity contribution is 5.21. The van der Waals surface area contributed by atoms with Gasteiger partial charge in [0.05, 0.1) is 18.6 Å². The second-order valence-corrected chi connectivity index (χ2v) is 6.28. The first-order chi connectivity index (χ1) is 10.2. The molecule has 1 aliphatic rings. The van der Waals surface area contributed by atoms with E-state index in [4.69, 9.17) is 0 Å². The lowest BCUT2D eigenvalue weighted by Crippen LogP contribution is -2.48. The molecular weight excluding hydrogens is 260 g/mol. The summed E-state index contributed by atoms with van der Waals surface area (Å²) < 4.78 is 0. The first-order valence-corrected chi connectivity index (χ1v) is 7.98. The van der Waals surface area contributed by atoms with E-state index in [2.05, 4.69) is 49.1 Å². The molecule has 1 saturated carbocycles. The third kappa shape index (κ3) is 3.84. The van der Waals surface area contributed by atoms with Gasteiger partial charge in [0.25, 0.3) is 0 Å². The second kappa shape index (κ2) is 7.59. The molecule has 114 valence electrons. The molecule has 0 saturated heterocycles. The van der Waals surface area contributed by atoms with Crippen molar-refractivity contribution < 1.29 is 5.11 Å². The smallest absolute Gasteiger partial charge is 0.0672 e. The van der Waals surface area contributed by atoms with Gasteiger partial charge in [0, 0.05) is 18.6 Å².